The summed E-state index contributed by atoms with van der Waals surface area (Å²) < 4.78 is 0. The molecule has 0 spiro atoms. The van der Waals surface area contributed by atoms with Crippen molar-refractivity contribution >= 4 is 17.3 Å². The van der Waals surface area contributed by atoms with Gasteiger partial charge in [0, 0.05) is 13.6 Å². The Kier molecular flexibility index (Phi) is 3.93. The third kappa shape index (κ3) is 2.60. The second-order valence-electron chi connectivity index (χ2n) is 3.01. The van der Waals surface area contributed by atoms with E-state index in [2.05, 4.69) is 10.3 Å². The maximum absolute atomic E-state index is 5.90. The van der Waals surface area contributed by atoms with Crippen LogP contribution in [-0.2, 0) is 0 Å². The zero-order chi connectivity index (χ0) is 11.3. The molecule has 1 rings (SSSR count). The first-order valence-electron chi connectivity index (χ1n) is 4.80. The Labute approximate surface area is 89.7 Å². The minimum absolute atomic E-state index is 0.593. The average Bonchev–Trinajstić information content (AvgIpc) is 2.25. The lowest BCUT2D eigenvalue weighted by Gasteiger charge is -2.22. The monoisotopic (exact) mass is 207 g/mol. The minimum atomic E-state index is 0.593. The SMILES string of the molecule is CCNC(=NC)N(N)c1ccccc1N. The number of rotatable bonds is 2. The van der Waals surface area contributed by atoms with Crippen LogP contribution in [0.4, 0.5) is 11.4 Å². The van der Waals surface area contributed by atoms with Crippen molar-refractivity contribution in [3.05, 3.63) is 24.3 Å². The Morgan fingerprint density at radius 2 is 2.13 bits per heavy atom. The molecule has 0 fully saturated rings. The number of nitrogens with one attached hydrogen (secondary N) is 1. The van der Waals surface area contributed by atoms with Crippen LogP contribution in [0.1, 0.15) is 6.92 Å². The van der Waals surface area contributed by atoms with E-state index in [1.807, 2.05) is 25.1 Å². The van der Waals surface area contributed by atoms with Crippen molar-refractivity contribution in [1.82, 2.24) is 5.32 Å². The van der Waals surface area contributed by atoms with Crippen molar-refractivity contribution in [2.24, 2.45) is 10.8 Å². The van der Waals surface area contributed by atoms with Crippen LogP contribution >= 0.6 is 0 Å². The molecular formula is C10H17N5. The zero-order valence-corrected chi connectivity index (χ0v) is 9.07. The first kappa shape index (κ1) is 11.3. The lowest BCUT2D eigenvalue weighted by atomic mass is 10.2. The highest BCUT2D eigenvalue weighted by Crippen LogP contribution is 2.19. The summed E-state index contributed by atoms with van der Waals surface area (Å²) in [5, 5.41) is 4.50. The smallest absolute Gasteiger partial charge is 0.213 e. The summed E-state index contributed by atoms with van der Waals surface area (Å²) in [5.74, 6) is 6.49. The van der Waals surface area contributed by atoms with Gasteiger partial charge >= 0.3 is 0 Å². The molecule has 0 atom stereocenters. The normalized spacial score (nSPS) is 11.3. The molecule has 0 aliphatic heterocycles. The largest absolute Gasteiger partial charge is 0.397 e. The van der Waals surface area contributed by atoms with Gasteiger partial charge in [-0.1, -0.05) is 12.1 Å². The maximum atomic E-state index is 5.90. The molecule has 0 unspecified atom stereocenters. The number of benzene rings is 1. The van der Waals surface area contributed by atoms with E-state index in [1.165, 1.54) is 5.01 Å². The highest BCUT2D eigenvalue weighted by molar-refractivity contribution is 5.97. The first-order valence-corrected chi connectivity index (χ1v) is 4.80. The number of nitrogens with two attached hydrogens (primary N) is 2. The maximum Gasteiger partial charge on any atom is 0.213 e. The van der Waals surface area contributed by atoms with E-state index in [-0.39, 0.29) is 0 Å². The minimum Gasteiger partial charge on any atom is -0.397 e. The molecule has 0 bridgehead atoms. The molecule has 5 nitrogen and oxygen atoms in total. The molecule has 1 aromatic carbocycles. The Morgan fingerprint density at radius 1 is 1.47 bits per heavy atom. The van der Waals surface area contributed by atoms with Gasteiger partial charge in [0.1, 0.15) is 0 Å². The molecule has 0 saturated heterocycles. The predicted molar refractivity (Wildman–Crippen MR) is 64.6 cm³/mol. The highest BCUT2D eigenvalue weighted by Gasteiger charge is 2.09. The van der Waals surface area contributed by atoms with Crippen LogP contribution in [0.15, 0.2) is 29.3 Å². The Morgan fingerprint density at radius 3 is 2.67 bits per heavy atom. The van der Waals surface area contributed by atoms with Crippen LogP contribution in [0.25, 0.3) is 0 Å². The Balaban J connectivity index is 2.93. The molecule has 1 aromatic rings. The van der Waals surface area contributed by atoms with Crippen molar-refractivity contribution in [3.63, 3.8) is 0 Å². The summed E-state index contributed by atoms with van der Waals surface area (Å²) in [7, 11) is 1.68. The summed E-state index contributed by atoms with van der Waals surface area (Å²) in [6.45, 7) is 2.74. The summed E-state index contributed by atoms with van der Waals surface area (Å²) in [6.07, 6.45) is 0. The van der Waals surface area contributed by atoms with Crippen molar-refractivity contribution in [2.45, 2.75) is 6.92 Å². The molecule has 0 amide bonds. The van der Waals surface area contributed by atoms with Crippen LogP contribution in [0.2, 0.25) is 0 Å². The van der Waals surface area contributed by atoms with E-state index in [9.17, 15) is 0 Å². The number of hydrogen-bond donors (Lipinski definition) is 3. The second-order valence-corrected chi connectivity index (χ2v) is 3.01. The summed E-state index contributed by atoms with van der Waals surface area (Å²) in [5.41, 5.74) is 7.17. The standard InChI is InChI=1S/C10H17N5/c1-3-14-10(13-2)15(12)9-7-5-4-6-8(9)11/h4-7H,3,11-12H2,1-2H3,(H,13,14). The molecule has 0 aliphatic carbocycles. The van der Waals surface area contributed by atoms with Gasteiger partial charge in [0.2, 0.25) is 5.96 Å². The summed E-state index contributed by atoms with van der Waals surface area (Å²) in [6, 6.07) is 7.39. The van der Waals surface area contributed by atoms with Crippen LogP contribution in [0, 0.1) is 0 Å². The fraction of sp³-hybridized carbons (Fsp3) is 0.300. The molecule has 0 aromatic heterocycles. The fourth-order valence-corrected chi connectivity index (χ4v) is 1.25. The molecule has 0 radical (unpaired) electrons. The van der Waals surface area contributed by atoms with Gasteiger partial charge in [0.05, 0.1) is 11.4 Å². The van der Waals surface area contributed by atoms with E-state index in [0.717, 1.165) is 12.2 Å². The third-order valence-corrected chi connectivity index (χ3v) is 1.97. The van der Waals surface area contributed by atoms with E-state index >= 15 is 0 Å². The highest BCUT2D eigenvalue weighted by atomic mass is 15.5. The molecule has 5 N–H and O–H groups in total. The van der Waals surface area contributed by atoms with Crippen molar-refractivity contribution < 1.29 is 0 Å². The van der Waals surface area contributed by atoms with Gasteiger partial charge in [0.15, 0.2) is 0 Å². The van der Waals surface area contributed by atoms with Gasteiger partial charge in [-0.2, -0.15) is 0 Å². The van der Waals surface area contributed by atoms with E-state index in [1.54, 1.807) is 13.1 Å². The van der Waals surface area contributed by atoms with Gasteiger partial charge in [-0.05, 0) is 19.1 Å². The van der Waals surface area contributed by atoms with Crippen molar-refractivity contribution in [3.8, 4) is 0 Å². The number of nitrogen functional groups attached to an aromatic ring is 1. The zero-order valence-electron chi connectivity index (χ0n) is 9.07. The molecule has 0 saturated carbocycles. The quantitative estimate of drug-likeness (QED) is 0.217. The van der Waals surface area contributed by atoms with E-state index in [0.29, 0.717) is 11.6 Å². The number of aliphatic imine (C=N–C) groups is 1. The van der Waals surface area contributed by atoms with E-state index in [4.69, 9.17) is 11.6 Å². The van der Waals surface area contributed by atoms with Crippen LogP contribution in [0.5, 0.6) is 0 Å². The molecule has 15 heavy (non-hydrogen) atoms. The summed E-state index contributed by atoms with van der Waals surface area (Å²) >= 11 is 0. The van der Waals surface area contributed by atoms with Crippen LogP contribution in [-0.4, -0.2) is 19.6 Å². The number of para-hydroxylation sites is 2. The van der Waals surface area contributed by atoms with Crippen LogP contribution in [0.3, 0.4) is 0 Å². The first-order chi connectivity index (χ1) is 7.20. The van der Waals surface area contributed by atoms with Gasteiger partial charge in [0.25, 0.3) is 0 Å². The number of anilines is 2. The molecule has 82 valence electrons. The van der Waals surface area contributed by atoms with Gasteiger partial charge < -0.3 is 11.1 Å². The number of guanidine groups is 1. The molecule has 0 heterocycles. The molecule has 5 heteroatoms. The van der Waals surface area contributed by atoms with Crippen LogP contribution < -0.4 is 21.9 Å². The lowest BCUT2D eigenvalue weighted by molar-refractivity contribution is 0.913. The van der Waals surface area contributed by atoms with Gasteiger partial charge in [-0.25, -0.2) is 10.9 Å². The molecule has 0 aliphatic rings. The number of hydrogen-bond acceptors (Lipinski definition) is 3. The van der Waals surface area contributed by atoms with Crippen molar-refractivity contribution in [2.75, 3.05) is 24.3 Å². The lowest BCUT2D eigenvalue weighted by Crippen LogP contribution is -2.46. The average molecular weight is 207 g/mol. The third-order valence-electron chi connectivity index (χ3n) is 1.97. The topological polar surface area (TPSA) is 79.7 Å². The Bertz CT molecular complexity index is 347. The number of hydrazine groups is 1. The Hall–Kier alpha value is -1.75. The fourth-order valence-electron chi connectivity index (χ4n) is 1.25. The van der Waals surface area contributed by atoms with Crippen molar-refractivity contribution in [1.29, 1.82) is 0 Å². The predicted octanol–water partition coefficient (Wildman–Crippen LogP) is 0.544. The summed E-state index contributed by atoms with van der Waals surface area (Å²) in [4.78, 5) is 4.05. The number of nitrogens with zero attached hydrogens (tertiary/aromatic N) is 2. The van der Waals surface area contributed by atoms with Gasteiger partial charge in [-0.15, -0.1) is 0 Å². The second kappa shape index (κ2) is 5.21. The van der Waals surface area contributed by atoms with E-state index < -0.39 is 0 Å². The van der Waals surface area contributed by atoms with Gasteiger partial charge in [-0.3, -0.25) is 4.99 Å². The molecular weight excluding hydrogens is 190 g/mol.